The molecule has 0 aliphatic rings. The minimum atomic E-state index is -2.13. The summed E-state index contributed by atoms with van der Waals surface area (Å²) >= 11 is 0. The maximum Gasteiger partial charge on any atom is 0.254 e. The molecule has 0 spiro atoms. The van der Waals surface area contributed by atoms with Gasteiger partial charge in [0.25, 0.3) is 8.32 Å². The third kappa shape index (κ3) is 3.16. The molecule has 0 amide bonds. The number of rotatable bonds is 8. The van der Waals surface area contributed by atoms with Crippen LogP contribution in [0.2, 0.25) is 12.1 Å². The molecule has 0 radical (unpaired) electrons. The van der Waals surface area contributed by atoms with E-state index in [0.29, 0.717) is 0 Å². The lowest BCUT2D eigenvalue weighted by Crippen LogP contribution is -2.47. The fraction of sp³-hybridized carbons (Fsp3) is 0.333. The van der Waals surface area contributed by atoms with Gasteiger partial charge >= 0.3 is 0 Å². The van der Waals surface area contributed by atoms with Crippen LogP contribution in [0.25, 0.3) is 0 Å². The molecule has 0 N–H and O–H groups in total. The molecule has 0 atom stereocenters. The van der Waals surface area contributed by atoms with E-state index in [9.17, 15) is 0 Å². The Bertz CT molecular complexity index is 233. The smallest absolute Gasteiger partial charge is 0.254 e. The molecule has 0 fully saturated rings. The minimum absolute atomic E-state index is 1.04. The first-order valence-corrected chi connectivity index (χ1v) is 9.86. The van der Waals surface area contributed by atoms with E-state index in [1.165, 1.54) is 0 Å². The van der Waals surface area contributed by atoms with Gasteiger partial charge in [0.05, 0.1) is 0 Å². The Morgan fingerprint density at radius 1 is 0.867 bits per heavy atom. The first kappa shape index (κ1) is 14.4. The van der Waals surface area contributed by atoms with E-state index in [2.05, 4.69) is 40.2 Å². The lowest BCUT2D eigenvalue weighted by molar-refractivity contribution is 0.564. The molecule has 15 heavy (non-hydrogen) atoms. The first-order valence-electron chi connectivity index (χ1n) is 5.32. The van der Waals surface area contributed by atoms with Gasteiger partial charge in [0.1, 0.15) is 0 Å². The highest BCUT2D eigenvalue weighted by Crippen LogP contribution is 2.24. The molecule has 0 aliphatic carbocycles. The summed E-state index contributed by atoms with van der Waals surface area (Å²) in [4.78, 5) is 0. The molecule has 84 valence electrons. The van der Waals surface area contributed by atoms with Gasteiger partial charge in [-0.15, -0.1) is 26.3 Å². The van der Waals surface area contributed by atoms with Gasteiger partial charge in [-0.05, 0) is 12.1 Å². The second-order valence-electron chi connectivity index (χ2n) is 3.54. The number of hydrogen-bond donors (Lipinski definition) is 0. The average molecular weight is 238 g/mol. The van der Waals surface area contributed by atoms with Crippen molar-refractivity contribution in [2.45, 2.75) is 25.9 Å². The van der Waals surface area contributed by atoms with Gasteiger partial charge < -0.3 is 4.12 Å². The largest absolute Gasteiger partial charge is 0.443 e. The Labute approximate surface area is 96.1 Å². The van der Waals surface area contributed by atoms with Crippen LogP contribution in [0.5, 0.6) is 0 Å². The van der Waals surface area contributed by atoms with Gasteiger partial charge in [-0.1, -0.05) is 36.6 Å². The maximum atomic E-state index is 6.33. The molecule has 0 heterocycles. The van der Waals surface area contributed by atoms with Crippen LogP contribution < -0.4 is 0 Å². The van der Waals surface area contributed by atoms with Crippen molar-refractivity contribution in [3.8, 4) is 0 Å². The summed E-state index contributed by atoms with van der Waals surface area (Å²) in [5.74, 6) is 0. The predicted molar refractivity (Wildman–Crippen MR) is 74.3 cm³/mol. The van der Waals surface area contributed by atoms with Crippen LogP contribution in [0.3, 0.4) is 0 Å². The van der Waals surface area contributed by atoms with Gasteiger partial charge in [-0.2, -0.15) is 0 Å². The predicted octanol–water partition coefficient (Wildman–Crippen LogP) is 3.83. The zero-order chi connectivity index (χ0) is 11.9. The van der Waals surface area contributed by atoms with Crippen LogP contribution in [-0.2, 0) is 4.12 Å². The van der Waals surface area contributed by atoms with E-state index in [1.807, 2.05) is 22.8 Å². The SMILES string of the molecule is C=C[Si](C=C)(C=C)O[Si](C=C)(CC)CC. The van der Waals surface area contributed by atoms with Crippen molar-refractivity contribution < 1.29 is 4.12 Å². The van der Waals surface area contributed by atoms with Crippen LogP contribution in [0, 0.1) is 0 Å². The lowest BCUT2D eigenvalue weighted by Gasteiger charge is -2.34. The topological polar surface area (TPSA) is 9.23 Å². The zero-order valence-electron chi connectivity index (χ0n) is 9.96. The van der Waals surface area contributed by atoms with Crippen molar-refractivity contribution in [1.82, 2.24) is 0 Å². The molecule has 3 heteroatoms. The normalized spacial score (nSPS) is 11.9. The average Bonchev–Trinajstić information content (AvgIpc) is 2.33. The highest BCUT2D eigenvalue weighted by atomic mass is 28.4. The van der Waals surface area contributed by atoms with Crippen molar-refractivity contribution in [3.63, 3.8) is 0 Å². The van der Waals surface area contributed by atoms with Crippen molar-refractivity contribution in [1.29, 1.82) is 0 Å². The molecule has 0 saturated carbocycles. The monoisotopic (exact) mass is 238 g/mol. The highest BCUT2D eigenvalue weighted by molar-refractivity contribution is 6.96. The van der Waals surface area contributed by atoms with Gasteiger partial charge in [0, 0.05) is 0 Å². The van der Waals surface area contributed by atoms with Gasteiger partial charge in [-0.25, -0.2) is 0 Å². The molecule has 0 bridgehead atoms. The summed E-state index contributed by atoms with van der Waals surface area (Å²) in [6, 6.07) is 2.08. The summed E-state index contributed by atoms with van der Waals surface area (Å²) < 4.78 is 6.33. The van der Waals surface area contributed by atoms with Crippen molar-refractivity contribution in [2.75, 3.05) is 0 Å². The second kappa shape index (κ2) is 6.05. The molecule has 0 aliphatic heterocycles. The van der Waals surface area contributed by atoms with E-state index in [4.69, 9.17) is 4.12 Å². The Kier molecular flexibility index (Phi) is 5.79. The molecule has 1 nitrogen and oxygen atoms in total. The van der Waals surface area contributed by atoms with E-state index in [1.54, 1.807) is 0 Å². The summed E-state index contributed by atoms with van der Waals surface area (Å²) in [6.45, 7) is 19.8. The van der Waals surface area contributed by atoms with Crippen LogP contribution in [0.1, 0.15) is 13.8 Å². The van der Waals surface area contributed by atoms with Crippen molar-refractivity contribution in [2.24, 2.45) is 0 Å². The van der Waals surface area contributed by atoms with E-state index in [-0.39, 0.29) is 0 Å². The quantitative estimate of drug-likeness (QED) is 0.584. The van der Waals surface area contributed by atoms with Gasteiger partial charge in [0.15, 0.2) is 0 Å². The number of hydrogen-bond acceptors (Lipinski definition) is 1. The Morgan fingerprint density at radius 3 is 1.47 bits per heavy atom. The lowest BCUT2D eigenvalue weighted by atomic mass is 10.9. The van der Waals surface area contributed by atoms with Crippen LogP contribution in [0.4, 0.5) is 0 Å². The Hall–Kier alpha value is -0.646. The summed E-state index contributed by atoms with van der Waals surface area (Å²) in [6.07, 6.45) is 0. The molecule has 0 unspecified atom stereocenters. The van der Waals surface area contributed by atoms with Crippen molar-refractivity contribution in [3.05, 3.63) is 49.1 Å². The van der Waals surface area contributed by atoms with Crippen LogP contribution in [-0.4, -0.2) is 16.6 Å². The molecule has 0 aromatic heterocycles. The fourth-order valence-electron chi connectivity index (χ4n) is 1.45. The van der Waals surface area contributed by atoms with Crippen LogP contribution in [0.15, 0.2) is 49.1 Å². The fourth-order valence-corrected chi connectivity index (χ4v) is 8.33. The highest BCUT2D eigenvalue weighted by Gasteiger charge is 2.36. The Morgan fingerprint density at radius 2 is 1.27 bits per heavy atom. The summed E-state index contributed by atoms with van der Waals surface area (Å²) in [5.41, 5.74) is 7.65. The zero-order valence-corrected chi connectivity index (χ0v) is 12.0. The van der Waals surface area contributed by atoms with E-state index < -0.39 is 16.6 Å². The van der Waals surface area contributed by atoms with Crippen LogP contribution >= 0.6 is 0 Å². The van der Waals surface area contributed by atoms with Gasteiger partial charge in [-0.3, -0.25) is 0 Å². The minimum Gasteiger partial charge on any atom is -0.443 e. The third-order valence-electron chi connectivity index (χ3n) is 2.91. The molecular formula is C12H22OSi2. The molecule has 0 aromatic carbocycles. The molecule has 0 rings (SSSR count). The first-order chi connectivity index (χ1) is 7.07. The summed E-state index contributed by atoms with van der Waals surface area (Å²) in [7, 11) is -3.94. The molecular weight excluding hydrogens is 216 g/mol. The molecule has 0 aromatic rings. The molecule has 0 saturated heterocycles. The Balaban J connectivity index is 5.07. The third-order valence-corrected chi connectivity index (χ3v) is 11.0. The van der Waals surface area contributed by atoms with E-state index in [0.717, 1.165) is 12.1 Å². The second-order valence-corrected chi connectivity index (χ2v) is 11.2. The van der Waals surface area contributed by atoms with Gasteiger partial charge in [0.2, 0.25) is 8.32 Å². The van der Waals surface area contributed by atoms with Crippen molar-refractivity contribution >= 4 is 16.6 Å². The maximum absolute atomic E-state index is 6.33. The summed E-state index contributed by atoms with van der Waals surface area (Å²) in [5, 5.41) is 0. The van der Waals surface area contributed by atoms with E-state index >= 15 is 0 Å². The standard InChI is InChI=1S/C12H22OSi2/c1-7-14(8-2,9-3)13-15(10-4,11-5)12-6/h7-10H,1-4,11-12H2,5-6H3.